The summed E-state index contributed by atoms with van der Waals surface area (Å²) in [5.41, 5.74) is 1.21. The van der Waals surface area contributed by atoms with E-state index in [1.807, 2.05) is 18.2 Å². The molecular formula is C24H29ClO6. The molecule has 0 radical (unpaired) electrons. The van der Waals surface area contributed by atoms with Crippen LogP contribution in [0.15, 0.2) is 42.5 Å². The molecule has 0 saturated heterocycles. The summed E-state index contributed by atoms with van der Waals surface area (Å²) >= 11 is 5.93. The van der Waals surface area contributed by atoms with Crippen molar-refractivity contribution in [1.29, 1.82) is 0 Å². The maximum absolute atomic E-state index is 11.9. The van der Waals surface area contributed by atoms with Gasteiger partial charge in [0.05, 0.1) is 6.61 Å². The topological polar surface area (TPSA) is 71.1 Å². The third kappa shape index (κ3) is 9.30. The number of esters is 2. The molecule has 0 aromatic heterocycles. The number of carbonyl (C=O) groups excluding carboxylic acids is 2. The van der Waals surface area contributed by atoms with Crippen LogP contribution in [0.4, 0.5) is 0 Å². The molecule has 0 N–H and O–H groups in total. The van der Waals surface area contributed by atoms with Crippen LogP contribution in [-0.2, 0) is 32.1 Å². The molecule has 168 valence electrons. The van der Waals surface area contributed by atoms with Crippen molar-refractivity contribution in [3.05, 3.63) is 58.6 Å². The van der Waals surface area contributed by atoms with Crippen LogP contribution in [0.5, 0.6) is 11.5 Å². The predicted octanol–water partition coefficient (Wildman–Crippen LogP) is 5.14. The predicted molar refractivity (Wildman–Crippen MR) is 119 cm³/mol. The van der Waals surface area contributed by atoms with E-state index in [0.29, 0.717) is 36.2 Å². The van der Waals surface area contributed by atoms with E-state index < -0.39 is 11.6 Å². The molecule has 0 bridgehead atoms. The van der Waals surface area contributed by atoms with Gasteiger partial charge in [0.1, 0.15) is 23.7 Å². The fourth-order valence-electron chi connectivity index (χ4n) is 2.69. The van der Waals surface area contributed by atoms with Crippen molar-refractivity contribution in [2.24, 2.45) is 0 Å². The number of rotatable bonds is 10. The SMILES string of the molecule is CCOC(=O)CCc1ccc(OCC(=O)OC(C)(C)C)cc1OCc1ccc(Cl)cc1. The second-order valence-corrected chi connectivity index (χ2v) is 8.30. The number of ether oxygens (including phenoxy) is 4. The van der Waals surface area contributed by atoms with E-state index in [1.165, 1.54) is 0 Å². The Balaban J connectivity index is 2.09. The maximum atomic E-state index is 11.9. The summed E-state index contributed by atoms with van der Waals surface area (Å²) in [6.07, 6.45) is 0.699. The molecule has 2 aromatic carbocycles. The van der Waals surface area contributed by atoms with E-state index >= 15 is 0 Å². The Morgan fingerprint density at radius 3 is 2.32 bits per heavy atom. The highest BCUT2D eigenvalue weighted by Crippen LogP contribution is 2.27. The first-order chi connectivity index (χ1) is 14.7. The Morgan fingerprint density at radius 1 is 0.968 bits per heavy atom. The van der Waals surface area contributed by atoms with Gasteiger partial charge in [-0.15, -0.1) is 0 Å². The van der Waals surface area contributed by atoms with Crippen molar-refractivity contribution in [3.63, 3.8) is 0 Å². The second-order valence-electron chi connectivity index (χ2n) is 7.86. The quantitative estimate of drug-likeness (QED) is 0.469. The van der Waals surface area contributed by atoms with Gasteiger partial charge in [0.2, 0.25) is 0 Å². The van der Waals surface area contributed by atoms with Crippen molar-refractivity contribution in [1.82, 2.24) is 0 Å². The van der Waals surface area contributed by atoms with E-state index in [4.69, 9.17) is 30.5 Å². The molecule has 7 heteroatoms. The molecule has 0 unspecified atom stereocenters. The molecular weight excluding hydrogens is 420 g/mol. The third-order valence-corrected chi connectivity index (χ3v) is 4.28. The normalized spacial score (nSPS) is 11.0. The molecule has 0 heterocycles. The lowest BCUT2D eigenvalue weighted by molar-refractivity contribution is -0.157. The average Bonchev–Trinajstić information content (AvgIpc) is 2.70. The second kappa shape index (κ2) is 11.6. The lowest BCUT2D eigenvalue weighted by Crippen LogP contribution is -2.27. The summed E-state index contributed by atoms with van der Waals surface area (Å²) in [5.74, 6) is 0.316. The van der Waals surface area contributed by atoms with Crippen molar-refractivity contribution in [3.8, 4) is 11.5 Å². The van der Waals surface area contributed by atoms with Crippen molar-refractivity contribution in [2.75, 3.05) is 13.2 Å². The molecule has 0 atom stereocenters. The number of aryl methyl sites for hydroxylation is 1. The number of benzene rings is 2. The first-order valence-corrected chi connectivity index (χ1v) is 10.5. The summed E-state index contributed by atoms with van der Waals surface area (Å²) in [6.45, 7) is 7.62. The number of hydrogen-bond donors (Lipinski definition) is 0. The van der Waals surface area contributed by atoms with Crippen LogP contribution < -0.4 is 9.47 Å². The van der Waals surface area contributed by atoms with Crippen molar-refractivity contribution >= 4 is 23.5 Å². The zero-order valence-corrected chi connectivity index (χ0v) is 19.2. The van der Waals surface area contributed by atoms with Crippen LogP contribution in [0, 0.1) is 0 Å². The fraction of sp³-hybridized carbons (Fsp3) is 0.417. The number of halogens is 1. The van der Waals surface area contributed by atoms with Crippen LogP contribution in [0.2, 0.25) is 5.02 Å². The van der Waals surface area contributed by atoms with E-state index in [1.54, 1.807) is 52.0 Å². The van der Waals surface area contributed by atoms with E-state index in [-0.39, 0.29) is 19.0 Å². The standard InChI is InChI=1S/C24H29ClO6/c1-5-28-22(26)13-9-18-8-12-20(29-16-23(27)31-24(2,3)4)14-21(18)30-15-17-6-10-19(25)11-7-17/h6-8,10-12,14H,5,9,13,15-16H2,1-4H3. The van der Waals surface area contributed by atoms with Gasteiger partial charge in [-0.3, -0.25) is 4.79 Å². The number of hydrogen-bond acceptors (Lipinski definition) is 6. The molecule has 6 nitrogen and oxygen atoms in total. The Morgan fingerprint density at radius 2 is 1.68 bits per heavy atom. The van der Waals surface area contributed by atoms with E-state index in [9.17, 15) is 9.59 Å². The molecule has 2 aromatic rings. The van der Waals surface area contributed by atoms with Crippen LogP contribution in [-0.4, -0.2) is 30.8 Å². The van der Waals surface area contributed by atoms with Crippen LogP contribution in [0.3, 0.4) is 0 Å². The molecule has 0 aliphatic rings. The molecule has 0 aliphatic heterocycles. The van der Waals surface area contributed by atoms with Gasteiger partial charge in [-0.1, -0.05) is 29.8 Å². The minimum atomic E-state index is -0.579. The Hall–Kier alpha value is -2.73. The first kappa shape index (κ1) is 24.5. The highest BCUT2D eigenvalue weighted by atomic mass is 35.5. The molecule has 0 spiro atoms. The molecule has 31 heavy (non-hydrogen) atoms. The van der Waals surface area contributed by atoms with Gasteiger partial charge >= 0.3 is 11.9 Å². The van der Waals surface area contributed by atoms with Gasteiger partial charge in [-0.2, -0.15) is 0 Å². The van der Waals surface area contributed by atoms with Crippen LogP contribution in [0.25, 0.3) is 0 Å². The van der Waals surface area contributed by atoms with Gasteiger partial charge in [0.15, 0.2) is 6.61 Å². The minimum Gasteiger partial charge on any atom is -0.488 e. The number of carbonyl (C=O) groups is 2. The third-order valence-electron chi connectivity index (χ3n) is 4.03. The molecule has 2 rings (SSSR count). The summed E-state index contributed by atoms with van der Waals surface area (Å²) in [7, 11) is 0. The summed E-state index contributed by atoms with van der Waals surface area (Å²) in [6, 6.07) is 12.6. The van der Waals surface area contributed by atoms with Crippen LogP contribution >= 0.6 is 11.6 Å². The highest BCUT2D eigenvalue weighted by Gasteiger charge is 2.17. The molecule has 0 amide bonds. The van der Waals surface area contributed by atoms with E-state index in [2.05, 4.69) is 0 Å². The Bertz CT molecular complexity index is 871. The Labute approximate surface area is 188 Å². The lowest BCUT2D eigenvalue weighted by atomic mass is 10.1. The minimum absolute atomic E-state index is 0.212. The Kier molecular flexibility index (Phi) is 9.19. The zero-order chi connectivity index (χ0) is 22.9. The summed E-state index contributed by atoms with van der Waals surface area (Å²) in [5, 5.41) is 0.649. The largest absolute Gasteiger partial charge is 0.488 e. The van der Waals surface area contributed by atoms with Gasteiger partial charge in [-0.25, -0.2) is 4.79 Å². The average molecular weight is 449 g/mol. The molecule has 0 aliphatic carbocycles. The lowest BCUT2D eigenvalue weighted by Gasteiger charge is -2.19. The van der Waals surface area contributed by atoms with Crippen molar-refractivity contribution in [2.45, 2.75) is 52.7 Å². The smallest absolute Gasteiger partial charge is 0.344 e. The van der Waals surface area contributed by atoms with Crippen LogP contribution in [0.1, 0.15) is 45.2 Å². The molecule has 0 saturated carbocycles. The van der Waals surface area contributed by atoms with Crippen molar-refractivity contribution < 1.29 is 28.5 Å². The van der Waals surface area contributed by atoms with Gasteiger partial charge in [0, 0.05) is 17.5 Å². The monoisotopic (exact) mass is 448 g/mol. The first-order valence-electron chi connectivity index (χ1n) is 10.2. The zero-order valence-electron chi connectivity index (χ0n) is 18.4. The maximum Gasteiger partial charge on any atom is 0.344 e. The molecule has 0 fully saturated rings. The van der Waals surface area contributed by atoms with Gasteiger partial charge < -0.3 is 18.9 Å². The highest BCUT2D eigenvalue weighted by molar-refractivity contribution is 6.30. The van der Waals surface area contributed by atoms with E-state index in [0.717, 1.165) is 11.1 Å². The fourth-order valence-corrected chi connectivity index (χ4v) is 2.82. The van der Waals surface area contributed by atoms with Gasteiger partial charge in [-0.05, 0) is 63.4 Å². The summed E-state index contributed by atoms with van der Waals surface area (Å²) in [4.78, 5) is 23.7. The summed E-state index contributed by atoms with van der Waals surface area (Å²) < 4.78 is 21.8. The van der Waals surface area contributed by atoms with Gasteiger partial charge in [0.25, 0.3) is 0 Å².